The fraction of sp³-hybridized carbons (Fsp3) is 0.0400. The molecule has 0 fully saturated rings. The molecule has 2 aliphatic rings. The molecule has 6 rings (SSSR count). The second-order valence-corrected chi connectivity index (χ2v) is 8.13. The van der Waals surface area contributed by atoms with E-state index < -0.39 is 38.1 Å². The smallest absolute Gasteiger partial charge is 0.311 e. The molecule has 0 saturated carbocycles. The number of nitro groups is 2. The van der Waals surface area contributed by atoms with E-state index >= 15 is 0 Å². The molecule has 33 heavy (non-hydrogen) atoms. The average molecular weight is 438 g/mol. The Hall–Kier alpha value is -4.72. The Bertz CT molecular complexity index is 1440. The zero-order chi connectivity index (χ0) is 23.1. The molecule has 0 aromatic heterocycles. The van der Waals surface area contributed by atoms with Gasteiger partial charge in [0.2, 0.25) is 0 Å². The van der Waals surface area contributed by atoms with Crippen LogP contribution in [-0.4, -0.2) is 20.1 Å². The molecule has 0 heterocycles. The zero-order valence-electron chi connectivity index (χ0n) is 16.9. The maximum Gasteiger partial charge on any atom is 0.311 e. The summed E-state index contributed by atoms with van der Waals surface area (Å²) in [4.78, 5) is 21.8. The van der Waals surface area contributed by atoms with E-state index in [1.54, 1.807) is 0 Å². The van der Waals surface area contributed by atoms with Crippen LogP contribution in [0.1, 0.15) is 22.3 Å². The van der Waals surface area contributed by atoms with Gasteiger partial charge in [-0.3, -0.25) is 20.2 Å². The molecule has 2 N–H and O–H groups in total. The Balaban J connectivity index is 1.82. The molecule has 0 bridgehead atoms. The number of nitrogens with zero attached hydrogens (tertiary/aromatic N) is 2. The summed E-state index contributed by atoms with van der Waals surface area (Å²) in [5.41, 5.74) is 3.77. The molecule has 0 amide bonds. The molecule has 0 saturated heterocycles. The Morgan fingerprint density at radius 2 is 0.970 bits per heavy atom. The highest BCUT2D eigenvalue weighted by Crippen LogP contribution is 2.64. The molecule has 160 valence electrons. The standard InChI is InChI=1S/C25H14N2O6/c28-23-11-19-15(9-21(23)26(30)31)13-5-1-3-7-17(13)25(19)18-8-4-2-6-14(18)16-10-22(27(32)33)24(29)12-20(16)25/h1-12,28-29H. The van der Waals surface area contributed by atoms with Crippen LogP contribution in [0.2, 0.25) is 0 Å². The van der Waals surface area contributed by atoms with Gasteiger partial charge in [-0.15, -0.1) is 0 Å². The topological polar surface area (TPSA) is 127 Å². The number of hydrogen-bond acceptors (Lipinski definition) is 6. The lowest BCUT2D eigenvalue weighted by molar-refractivity contribution is -0.385. The van der Waals surface area contributed by atoms with Gasteiger partial charge in [0.25, 0.3) is 0 Å². The monoisotopic (exact) mass is 438 g/mol. The van der Waals surface area contributed by atoms with Gasteiger partial charge in [-0.05, 0) is 56.6 Å². The third kappa shape index (κ3) is 2.19. The van der Waals surface area contributed by atoms with Gasteiger partial charge in [-0.2, -0.15) is 0 Å². The van der Waals surface area contributed by atoms with E-state index in [4.69, 9.17) is 0 Å². The Kier molecular flexibility index (Phi) is 3.55. The third-order valence-corrected chi connectivity index (χ3v) is 6.67. The molecule has 8 heteroatoms. The number of fused-ring (bicyclic) bond motifs is 10. The van der Waals surface area contributed by atoms with Crippen LogP contribution < -0.4 is 0 Å². The number of rotatable bonds is 2. The van der Waals surface area contributed by atoms with E-state index in [0.29, 0.717) is 22.3 Å². The van der Waals surface area contributed by atoms with Crippen molar-refractivity contribution in [3.63, 3.8) is 0 Å². The SMILES string of the molecule is O=[N+]([O-])c1cc2c(cc1O)C1(c3ccccc3-2)c2ccccc2-c2cc([N+](=O)[O-])c(O)cc21. The van der Waals surface area contributed by atoms with Crippen molar-refractivity contribution in [1.29, 1.82) is 0 Å². The number of aromatic hydroxyl groups is 2. The Labute approximate surface area is 186 Å². The summed E-state index contributed by atoms with van der Waals surface area (Å²) in [7, 11) is 0. The van der Waals surface area contributed by atoms with Crippen molar-refractivity contribution in [2.75, 3.05) is 0 Å². The van der Waals surface area contributed by atoms with Crippen molar-refractivity contribution in [3.8, 4) is 33.8 Å². The lowest BCUT2D eigenvalue weighted by Crippen LogP contribution is -2.25. The van der Waals surface area contributed by atoms with E-state index in [-0.39, 0.29) is 0 Å². The van der Waals surface area contributed by atoms with Crippen LogP contribution in [-0.2, 0) is 5.41 Å². The van der Waals surface area contributed by atoms with Crippen LogP contribution in [0.15, 0.2) is 72.8 Å². The van der Waals surface area contributed by atoms with Gasteiger partial charge in [0, 0.05) is 12.1 Å². The maximum absolute atomic E-state index is 11.5. The van der Waals surface area contributed by atoms with Crippen LogP contribution in [0.5, 0.6) is 11.5 Å². The quantitative estimate of drug-likeness (QED) is 0.281. The van der Waals surface area contributed by atoms with E-state index in [0.717, 1.165) is 22.3 Å². The fourth-order valence-corrected chi connectivity index (χ4v) is 5.47. The maximum atomic E-state index is 11.5. The minimum atomic E-state index is -1.00. The van der Waals surface area contributed by atoms with Crippen LogP contribution in [0.4, 0.5) is 11.4 Å². The molecule has 0 aliphatic heterocycles. The number of phenols is 2. The summed E-state index contributed by atoms with van der Waals surface area (Å²) in [6.45, 7) is 0. The van der Waals surface area contributed by atoms with Gasteiger partial charge in [0.05, 0.1) is 15.3 Å². The highest BCUT2D eigenvalue weighted by atomic mass is 16.6. The summed E-state index contributed by atoms with van der Waals surface area (Å²) in [5.74, 6) is -0.939. The molecule has 4 aromatic carbocycles. The summed E-state index contributed by atoms with van der Waals surface area (Å²) in [6.07, 6.45) is 0. The van der Waals surface area contributed by atoms with Crippen LogP contribution in [0, 0.1) is 20.2 Å². The minimum Gasteiger partial charge on any atom is -0.502 e. The first-order valence-electron chi connectivity index (χ1n) is 10.1. The first kappa shape index (κ1) is 19.0. The van der Waals surface area contributed by atoms with E-state index in [1.807, 2.05) is 48.5 Å². The van der Waals surface area contributed by atoms with Crippen LogP contribution in [0.3, 0.4) is 0 Å². The number of phenolic OH excluding ortho intramolecular Hbond substituents is 2. The lowest BCUT2D eigenvalue weighted by Gasteiger charge is -2.30. The second-order valence-electron chi connectivity index (χ2n) is 8.13. The molecule has 8 nitrogen and oxygen atoms in total. The summed E-state index contributed by atoms with van der Waals surface area (Å²) < 4.78 is 0. The predicted molar refractivity (Wildman–Crippen MR) is 119 cm³/mol. The second kappa shape index (κ2) is 6.17. The van der Waals surface area contributed by atoms with Gasteiger partial charge in [0.15, 0.2) is 11.5 Å². The van der Waals surface area contributed by atoms with E-state index in [9.17, 15) is 30.4 Å². The molecule has 4 aromatic rings. The van der Waals surface area contributed by atoms with E-state index in [2.05, 4.69) is 0 Å². The van der Waals surface area contributed by atoms with E-state index in [1.165, 1.54) is 24.3 Å². The van der Waals surface area contributed by atoms with Crippen LogP contribution in [0.25, 0.3) is 22.3 Å². The normalized spacial score (nSPS) is 13.8. The molecule has 0 radical (unpaired) electrons. The molecular weight excluding hydrogens is 424 g/mol. The summed E-state index contributed by atoms with van der Waals surface area (Å²) in [5, 5.41) is 44.2. The summed E-state index contributed by atoms with van der Waals surface area (Å²) >= 11 is 0. The van der Waals surface area contributed by atoms with Gasteiger partial charge in [-0.25, -0.2) is 0 Å². The van der Waals surface area contributed by atoms with Crippen molar-refractivity contribution in [3.05, 3.63) is 115 Å². The predicted octanol–water partition coefficient (Wildman–Crippen LogP) is 5.26. The molecule has 2 aliphatic carbocycles. The van der Waals surface area contributed by atoms with Gasteiger partial charge in [0.1, 0.15) is 0 Å². The Morgan fingerprint density at radius 3 is 1.36 bits per heavy atom. The number of benzene rings is 4. The van der Waals surface area contributed by atoms with Crippen LogP contribution >= 0.6 is 0 Å². The molecule has 1 spiro atoms. The third-order valence-electron chi connectivity index (χ3n) is 6.67. The average Bonchev–Trinajstić information content (AvgIpc) is 3.24. The largest absolute Gasteiger partial charge is 0.502 e. The van der Waals surface area contributed by atoms with Crippen molar-refractivity contribution >= 4 is 11.4 Å². The minimum absolute atomic E-state index is 0.404. The molecular formula is C25H14N2O6. The first-order chi connectivity index (χ1) is 15.9. The van der Waals surface area contributed by atoms with Crippen molar-refractivity contribution < 1.29 is 20.1 Å². The number of nitro benzene ring substituents is 2. The highest BCUT2D eigenvalue weighted by Gasteiger charge is 2.53. The number of hydrogen-bond donors (Lipinski definition) is 2. The molecule has 0 unspecified atom stereocenters. The van der Waals surface area contributed by atoms with Gasteiger partial charge >= 0.3 is 11.4 Å². The highest BCUT2D eigenvalue weighted by molar-refractivity contribution is 5.96. The lowest BCUT2D eigenvalue weighted by atomic mass is 9.70. The Morgan fingerprint density at radius 1 is 0.576 bits per heavy atom. The fourth-order valence-electron chi connectivity index (χ4n) is 5.47. The molecule has 0 atom stereocenters. The summed E-state index contributed by atoms with van der Waals surface area (Å²) in [6, 6.07) is 20.4. The zero-order valence-corrected chi connectivity index (χ0v) is 16.9. The van der Waals surface area contributed by atoms with Crippen molar-refractivity contribution in [2.45, 2.75) is 5.41 Å². The van der Waals surface area contributed by atoms with Crippen molar-refractivity contribution in [2.24, 2.45) is 0 Å². The van der Waals surface area contributed by atoms with Gasteiger partial charge < -0.3 is 10.2 Å². The first-order valence-corrected chi connectivity index (χ1v) is 10.1. The van der Waals surface area contributed by atoms with Crippen molar-refractivity contribution in [1.82, 2.24) is 0 Å². The van der Waals surface area contributed by atoms with Gasteiger partial charge in [-0.1, -0.05) is 48.5 Å².